The summed E-state index contributed by atoms with van der Waals surface area (Å²) in [5, 5.41) is 0. The zero-order chi connectivity index (χ0) is 33.4. The van der Waals surface area contributed by atoms with E-state index < -0.39 is 69.5 Å². The third-order valence-corrected chi connectivity index (χ3v) is 7.84. The van der Waals surface area contributed by atoms with Crippen molar-refractivity contribution >= 4 is 0 Å². The van der Waals surface area contributed by atoms with E-state index in [9.17, 15) is 43.9 Å². The second kappa shape index (κ2) is 13.1. The van der Waals surface area contributed by atoms with Crippen molar-refractivity contribution < 1.29 is 43.9 Å². The fourth-order valence-electron chi connectivity index (χ4n) is 5.40. The molecule has 0 saturated carbocycles. The summed E-state index contributed by atoms with van der Waals surface area (Å²) < 4.78 is 143. The Hall–Kier alpha value is -4.48. The first kappa shape index (κ1) is 32.9. The fraction of sp³-hybridized carbons (Fsp3) is 0.235. The average Bonchev–Trinajstić information content (AvgIpc) is 3.73. The Kier molecular flexibility index (Phi) is 9.37. The molecule has 0 fully saturated rings. The Morgan fingerprint density at radius 1 is 0.457 bits per heavy atom. The van der Waals surface area contributed by atoms with Crippen molar-refractivity contribution in [3.05, 3.63) is 118 Å². The van der Waals surface area contributed by atoms with Crippen LogP contribution in [0.3, 0.4) is 0 Å². The van der Waals surface area contributed by atoms with Gasteiger partial charge in [-0.1, -0.05) is 38.8 Å². The quantitative estimate of drug-likeness (QED) is 0.0807. The van der Waals surface area contributed by atoms with Gasteiger partial charge in [0.1, 0.15) is 11.4 Å². The predicted octanol–water partition coefficient (Wildman–Crippen LogP) is 10.7. The zero-order valence-corrected chi connectivity index (χ0v) is 24.5. The summed E-state index contributed by atoms with van der Waals surface area (Å²) in [6, 6.07) is 6.44. The molecule has 0 aliphatic carbocycles. The number of aromatic nitrogens is 2. The highest BCUT2D eigenvalue weighted by molar-refractivity contribution is 5.85. The number of unbranched alkanes of at least 4 members (excludes halogenated alkanes) is 2. The number of benzene rings is 3. The molecule has 2 aromatic heterocycles. The monoisotopic (exact) mass is 652 g/mol. The molecule has 3 aromatic carbocycles. The topological polar surface area (TPSA) is 9.86 Å². The molecule has 2 heterocycles. The molecule has 0 aliphatic heterocycles. The predicted molar refractivity (Wildman–Crippen MR) is 153 cm³/mol. The van der Waals surface area contributed by atoms with Crippen LogP contribution in [0.4, 0.5) is 43.9 Å². The number of hydrogen-bond donors (Lipinski definition) is 0. The highest BCUT2D eigenvalue weighted by Gasteiger charge is 2.29. The van der Waals surface area contributed by atoms with Crippen LogP contribution in [0.1, 0.15) is 50.7 Å². The summed E-state index contributed by atoms with van der Waals surface area (Å²) in [5.74, 6) is -21.2. The van der Waals surface area contributed by atoms with Crippen LogP contribution in [0, 0.1) is 58.2 Å². The molecule has 0 spiro atoms. The van der Waals surface area contributed by atoms with E-state index in [-0.39, 0.29) is 0 Å². The van der Waals surface area contributed by atoms with Crippen LogP contribution in [0.15, 0.2) is 49.1 Å². The van der Waals surface area contributed by atoms with Gasteiger partial charge in [0.05, 0.1) is 0 Å². The molecule has 0 amide bonds. The van der Waals surface area contributed by atoms with Gasteiger partial charge in [-0.15, -0.1) is 0 Å². The van der Waals surface area contributed by atoms with Crippen LogP contribution in [-0.4, -0.2) is 9.13 Å². The first-order chi connectivity index (χ1) is 21.9. The van der Waals surface area contributed by atoms with Crippen molar-refractivity contribution in [2.24, 2.45) is 0 Å². The van der Waals surface area contributed by atoms with Crippen LogP contribution in [-0.2, 0) is 12.8 Å². The third-order valence-electron chi connectivity index (χ3n) is 7.84. The van der Waals surface area contributed by atoms with E-state index in [1.807, 2.05) is 26.0 Å². The maximum Gasteiger partial charge on any atom is 0.200 e. The first-order valence-corrected chi connectivity index (χ1v) is 14.5. The molecular formula is C34H26F10N2. The number of halogens is 10. The van der Waals surface area contributed by atoms with Gasteiger partial charge in [-0.05, 0) is 60.1 Å². The van der Waals surface area contributed by atoms with Crippen LogP contribution in [0.25, 0.3) is 33.6 Å². The molecule has 2 nitrogen and oxygen atoms in total. The lowest BCUT2D eigenvalue weighted by molar-refractivity contribution is 0.375. The summed E-state index contributed by atoms with van der Waals surface area (Å²) >= 11 is 0. The van der Waals surface area contributed by atoms with E-state index in [0.29, 0.717) is 35.1 Å². The highest BCUT2D eigenvalue weighted by atomic mass is 19.2. The van der Waals surface area contributed by atoms with Gasteiger partial charge in [0.15, 0.2) is 46.5 Å². The summed E-state index contributed by atoms with van der Waals surface area (Å²) in [6.45, 7) is 4.01. The van der Waals surface area contributed by atoms with Gasteiger partial charge in [-0.3, -0.25) is 0 Å². The van der Waals surface area contributed by atoms with E-state index in [0.717, 1.165) is 58.3 Å². The van der Waals surface area contributed by atoms with Crippen LogP contribution in [0.5, 0.6) is 0 Å². The number of aryl methyl sites for hydroxylation is 2. The van der Waals surface area contributed by atoms with Crippen molar-refractivity contribution in [1.29, 1.82) is 0 Å². The molecule has 5 rings (SSSR count). The second-order valence-electron chi connectivity index (χ2n) is 10.8. The van der Waals surface area contributed by atoms with Gasteiger partial charge in [-0.25, -0.2) is 43.9 Å². The lowest BCUT2D eigenvalue weighted by Gasteiger charge is -2.16. The molecule has 242 valence electrons. The summed E-state index contributed by atoms with van der Waals surface area (Å²) in [4.78, 5) is 0. The van der Waals surface area contributed by atoms with Crippen molar-refractivity contribution in [3.8, 4) is 33.6 Å². The largest absolute Gasteiger partial charge is 0.318 e. The van der Waals surface area contributed by atoms with Crippen LogP contribution >= 0.6 is 0 Å². The fourth-order valence-corrected chi connectivity index (χ4v) is 5.40. The maximum absolute atomic E-state index is 14.6. The lowest BCUT2D eigenvalue weighted by atomic mass is 9.88. The maximum atomic E-state index is 14.6. The molecule has 12 heteroatoms. The second-order valence-corrected chi connectivity index (χ2v) is 10.8. The minimum absolute atomic E-state index is 0.294. The van der Waals surface area contributed by atoms with Crippen molar-refractivity contribution in [3.63, 3.8) is 0 Å². The molecule has 0 radical (unpaired) electrons. The van der Waals surface area contributed by atoms with Gasteiger partial charge in [0.2, 0.25) is 11.6 Å². The molecule has 0 N–H and O–H groups in total. The Balaban J connectivity index is 1.72. The van der Waals surface area contributed by atoms with Gasteiger partial charge in [0.25, 0.3) is 0 Å². The van der Waals surface area contributed by atoms with E-state index in [1.165, 1.54) is 24.5 Å². The molecule has 0 saturated heterocycles. The van der Waals surface area contributed by atoms with Crippen LogP contribution < -0.4 is 0 Å². The van der Waals surface area contributed by atoms with Gasteiger partial charge in [-0.2, -0.15) is 0 Å². The average molecular weight is 653 g/mol. The Morgan fingerprint density at radius 2 is 0.761 bits per heavy atom. The smallest absolute Gasteiger partial charge is 0.200 e. The summed E-state index contributed by atoms with van der Waals surface area (Å²) in [7, 11) is 0. The molecule has 0 unspecified atom stereocenters. The van der Waals surface area contributed by atoms with Gasteiger partial charge in [0, 0.05) is 35.9 Å². The third kappa shape index (κ3) is 5.69. The van der Waals surface area contributed by atoms with Crippen molar-refractivity contribution in [2.45, 2.75) is 52.4 Å². The number of hydrogen-bond acceptors (Lipinski definition) is 0. The van der Waals surface area contributed by atoms with E-state index in [2.05, 4.69) is 0 Å². The molecule has 0 bridgehead atoms. The minimum Gasteiger partial charge on any atom is -0.318 e. The molecular weight excluding hydrogens is 626 g/mol. The van der Waals surface area contributed by atoms with E-state index >= 15 is 0 Å². The zero-order valence-electron chi connectivity index (χ0n) is 24.5. The molecule has 0 aliphatic rings. The first-order valence-electron chi connectivity index (χ1n) is 14.5. The molecule has 46 heavy (non-hydrogen) atoms. The minimum atomic E-state index is -2.30. The SMILES string of the molecule is CCCCc1cc(-c2ccn(-c3c(F)c(F)c(F)c(F)c3F)c2)c(-c2ccn(-c3c(F)c(F)c(F)c(F)c3F)c2)cc1CCCC. The Morgan fingerprint density at radius 3 is 1.07 bits per heavy atom. The number of rotatable bonds is 10. The lowest BCUT2D eigenvalue weighted by Crippen LogP contribution is -2.08. The molecule has 0 atom stereocenters. The number of nitrogens with zero attached hydrogens (tertiary/aromatic N) is 2. The van der Waals surface area contributed by atoms with Crippen LogP contribution in [0.2, 0.25) is 0 Å². The Bertz CT molecular complexity index is 1740. The van der Waals surface area contributed by atoms with Crippen molar-refractivity contribution in [1.82, 2.24) is 9.13 Å². The van der Waals surface area contributed by atoms with Gasteiger partial charge >= 0.3 is 0 Å². The van der Waals surface area contributed by atoms with Gasteiger partial charge < -0.3 is 9.13 Å². The normalized spacial score (nSPS) is 11.6. The van der Waals surface area contributed by atoms with E-state index in [1.54, 1.807) is 0 Å². The van der Waals surface area contributed by atoms with E-state index in [4.69, 9.17) is 0 Å². The standard InChI is InChI=1S/C34H26F10N2/c1-3-5-7-17-13-21(19-9-11-45(15-19)33-29(41)25(37)23(35)26(38)30(33)42)22(14-18(17)8-6-4-2)20-10-12-46(16-20)34-31(43)27(39)24(36)28(40)32(34)44/h9-16H,3-8H2,1-2H3. The Labute approximate surface area is 257 Å². The highest BCUT2D eigenvalue weighted by Crippen LogP contribution is 2.38. The summed E-state index contributed by atoms with van der Waals surface area (Å²) in [6.07, 6.45) is 9.28. The summed E-state index contributed by atoms with van der Waals surface area (Å²) in [5.41, 5.74) is 0.966. The molecule has 5 aromatic rings. The van der Waals surface area contributed by atoms with Crippen molar-refractivity contribution in [2.75, 3.05) is 0 Å².